The molecule has 1 atom stereocenters. The number of carbonyl (C=O) groups is 1. The van der Waals surface area contributed by atoms with Crippen LogP contribution in [0.1, 0.15) is 43.0 Å². The van der Waals surface area contributed by atoms with Gasteiger partial charge in [0.15, 0.2) is 0 Å². The van der Waals surface area contributed by atoms with Gasteiger partial charge in [0, 0.05) is 23.6 Å². The van der Waals surface area contributed by atoms with Gasteiger partial charge in [-0.3, -0.25) is 19.2 Å². The summed E-state index contributed by atoms with van der Waals surface area (Å²) in [5, 5.41) is 14.5. The zero-order valence-electron chi connectivity index (χ0n) is 22.4. The van der Waals surface area contributed by atoms with Gasteiger partial charge in [0.2, 0.25) is 5.91 Å². The molecule has 0 saturated heterocycles. The molecule has 39 heavy (non-hydrogen) atoms. The van der Waals surface area contributed by atoms with Crippen molar-refractivity contribution in [2.24, 2.45) is 0 Å². The normalized spacial score (nSPS) is 16.0. The van der Waals surface area contributed by atoms with Crippen LogP contribution in [0.3, 0.4) is 0 Å². The van der Waals surface area contributed by atoms with Crippen molar-refractivity contribution in [1.29, 1.82) is 0 Å². The molecule has 4 rings (SSSR count). The average Bonchev–Trinajstić information content (AvgIpc) is 2.87. The molecule has 0 aromatic heterocycles. The summed E-state index contributed by atoms with van der Waals surface area (Å²) < 4.78 is 39.9. The zero-order valence-corrected chi connectivity index (χ0v) is 23.2. The summed E-state index contributed by atoms with van der Waals surface area (Å²) in [5.41, 5.74) is 1.46. The monoisotopic (exact) mass is 553 g/mol. The molecule has 0 fully saturated rings. The number of nitro benzene ring substituents is 1. The molecule has 1 heterocycles. The van der Waals surface area contributed by atoms with E-state index in [1.165, 1.54) is 38.3 Å². The van der Waals surface area contributed by atoms with E-state index in [0.717, 1.165) is 21.5 Å². The quantitative estimate of drug-likeness (QED) is 0.312. The van der Waals surface area contributed by atoms with Crippen LogP contribution < -0.4 is 19.1 Å². The minimum absolute atomic E-state index is 0.206. The van der Waals surface area contributed by atoms with Gasteiger partial charge in [-0.2, -0.15) is 0 Å². The maximum atomic E-state index is 13.8. The first-order valence-corrected chi connectivity index (χ1v) is 13.8. The molecular formula is C28H31N3O7S. The number of nitrogens with one attached hydrogen (secondary N) is 1. The molecule has 1 unspecified atom stereocenters. The van der Waals surface area contributed by atoms with Crippen LogP contribution in [0.25, 0.3) is 0 Å². The molecule has 0 radical (unpaired) electrons. The summed E-state index contributed by atoms with van der Waals surface area (Å²) in [6.45, 7) is 6.77. The van der Waals surface area contributed by atoms with E-state index in [9.17, 15) is 23.3 Å². The molecule has 11 heteroatoms. The second-order valence-electron chi connectivity index (χ2n) is 10.1. The highest BCUT2D eigenvalue weighted by Gasteiger charge is 2.36. The molecule has 0 aliphatic carbocycles. The Hall–Kier alpha value is -4.12. The average molecular weight is 554 g/mol. The first kappa shape index (κ1) is 27.9. The molecule has 1 amide bonds. The van der Waals surface area contributed by atoms with Gasteiger partial charge in [-0.15, -0.1) is 0 Å². The highest BCUT2D eigenvalue weighted by atomic mass is 32.2. The number of anilines is 1. The lowest BCUT2D eigenvalue weighted by Crippen LogP contribution is -2.45. The van der Waals surface area contributed by atoms with Gasteiger partial charge in [0.05, 0.1) is 28.7 Å². The van der Waals surface area contributed by atoms with Crippen LogP contribution in [0.15, 0.2) is 65.6 Å². The van der Waals surface area contributed by atoms with Crippen molar-refractivity contribution in [1.82, 2.24) is 5.32 Å². The lowest BCUT2D eigenvalue weighted by molar-refractivity contribution is -0.385. The number of sulfonamides is 1. The van der Waals surface area contributed by atoms with Crippen LogP contribution >= 0.6 is 0 Å². The fourth-order valence-electron chi connectivity index (χ4n) is 4.61. The fraction of sp³-hybridized carbons (Fsp3) is 0.321. The number of hydrogen-bond donors (Lipinski definition) is 1. The van der Waals surface area contributed by atoms with Crippen molar-refractivity contribution in [2.45, 2.75) is 50.7 Å². The van der Waals surface area contributed by atoms with Crippen molar-refractivity contribution >= 4 is 27.3 Å². The molecule has 1 N–H and O–H groups in total. The van der Waals surface area contributed by atoms with Crippen LogP contribution in [-0.2, 0) is 14.8 Å². The van der Waals surface area contributed by atoms with Gasteiger partial charge in [-0.05, 0) is 64.1 Å². The van der Waals surface area contributed by atoms with Crippen molar-refractivity contribution in [2.75, 3.05) is 18.0 Å². The summed E-state index contributed by atoms with van der Waals surface area (Å²) in [6.07, 6.45) is 0.481. The SMILES string of the molecule is COc1ccc(N(CC(=O)NC2CC(C)(C)Oc3ccc(C)cc32)S(=O)(=O)c2ccc(C)c([N+](=O)[O-])c2)cc1. The molecule has 3 aromatic carbocycles. The first-order chi connectivity index (χ1) is 18.3. The Morgan fingerprint density at radius 2 is 1.82 bits per heavy atom. The number of fused-ring (bicyclic) bond motifs is 1. The molecule has 206 valence electrons. The molecule has 1 aliphatic heterocycles. The Kier molecular flexibility index (Phi) is 7.56. The summed E-state index contributed by atoms with van der Waals surface area (Å²) in [4.78, 5) is 24.0. The number of amides is 1. The van der Waals surface area contributed by atoms with E-state index in [1.807, 2.05) is 39.0 Å². The van der Waals surface area contributed by atoms with E-state index >= 15 is 0 Å². The lowest BCUT2D eigenvalue weighted by atomic mass is 9.89. The number of nitro groups is 1. The molecule has 10 nitrogen and oxygen atoms in total. The maximum absolute atomic E-state index is 13.8. The number of nitrogens with zero attached hydrogens (tertiary/aromatic N) is 2. The van der Waals surface area contributed by atoms with Crippen molar-refractivity contribution < 1.29 is 27.6 Å². The minimum Gasteiger partial charge on any atom is -0.497 e. The van der Waals surface area contributed by atoms with Gasteiger partial charge < -0.3 is 14.8 Å². The van der Waals surface area contributed by atoms with Gasteiger partial charge in [0.25, 0.3) is 15.7 Å². The van der Waals surface area contributed by atoms with E-state index in [1.54, 1.807) is 12.1 Å². The molecule has 1 aliphatic rings. The van der Waals surface area contributed by atoms with Gasteiger partial charge >= 0.3 is 0 Å². The summed E-state index contributed by atoms with van der Waals surface area (Å²) in [5.74, 6) is 0.628. The summed E-state index contributed by atoms with van der Waals surface area (Å²) in [6, 6.07) is 15.2. The van der Waals surface area contributed by atoms with Crippen LogP contribution in [0.2, 0.25) is 0 Å². The van der Waals surface area contributed by atoms with E-state index in [4.69, 9.17) is 9.47 Å². The molecule has 0 bridgehead atoms. The third-order valence-corrected chi connectivity index (χ3v) is 8.34. The highest BCUT2D eigenvalue weighted by Crippen LogP contribution is 2.40. The number of aryl methyl sites for hydroxylation is 2. The van der Waals surface area contributed by atoms with Crippen LogP contribution in [0.5, 0.6) is 11.5 Å². The molecule has 3 aromatic rings. The Labute approximate surface area is 227 Å². The zero-order chi connectivity index (χ0) is 28.5. The Balaban J connectivity index is 1.70. The fourth-order valence-corrected chi connectivity index (χ4v) is 6.05. The van der Waals surface area contributed by atoms with E-state index in [2.05, 4.69) is 5.32 Å². The lowest BCUT2D eigenvalue weighted by Gasteiger charge is -2.38. The van der Waals surface area contributed by atoms with E-state index in [-0.39, 0.29) is 16.3 Å². The standard InChI is InChI=1S/C28H31N3O7S/c1-18-6-13-26-23(14-18)24(16-28(3,4)38-26)29-27(32)17-30(20-8-10-21(37-5)11-9-20)39(35,36)22-12-7-19(2)25(15-22)31(33)34/h6-15,24H,16-17H2,1-5H3,(H,29,32). The summed E-state index contributed by atoms with van der Waals surface area (Å²) >= 11 is 0. The highest BCUT2D eigenvalue weighted by molar-refractivity contribution is 7.92. The predicted octanol–water partition coefficient (Wildman–Crippen LogP) is 4.83. The number of rotatable bonds is 8. The maximum Gasteiger partial charge on any atom is 0.273 e. The number of methoxy groups -OCH3 is 1. The second-order valence-corrected chi connectivity index (χ2v) is 12.0. The van der Waals surface area contributed by atoms with Gasteiger partial charge in [-0.1, -0.05) is 23.8 Å². The number of benzene rings is 3. The number of carbonyl (C=O) groups excluding carboxylic acids is 1. The van der Waals surface area contributed by atoms with Gasteiger partial charge in [0.1, 0.15) is 23.6 Å². The molecular weight excluding hydrogens is 522 g/mol. The predicted molar refractivity (Wildman–Crippen MR) is 147 cm³/mol. The van der Waals surface area contributed by atoms with Crippen molar-refractivity contribution in [3.63, 3.8) is 0 Å². The van der Waals surface area contributed by atoms with Crippen molar-refractivity contribution in [3.8, 4) is 11.5 Å². The Morgan fingerprint density at radius 3 is 2.46 bits per heavy atom. The van der Waals surface area contributed by atoms with E-state index < -0.39 is 39.0 Å². The minimum atomic E-state index is -4.37. The third-order valence-electron chi connectivity index (χ3n) is 6.57. The number of hydrogen-bond acceptors (Lipinski definition) is 7. The van der Waals surface area contributed by atoms with E-state index in [0.29, 0.717) is 23.5 Å². The number of ether oxygens (including phenoxy) is 2. The molecule has 0 saturated carbocycles. The van der Waals surface area contributed by atoms with Crippen LogP contribution in [0.4, 0.5) is 11.4 Å². The van der Waals surface area contributed by atoms with Gasteiger partial charge in [-0.25, -0.2) is 8.42 Å². The Bertz CT molecular complexity index is 1520. The topological polar surface area (TPSA) is 128 Å². The largest absolute Gasteiger partial charge is 0.497 e. The second kappa shape index (κ2) is 10.6. The third kappa shape index (κ3) is 5.98. The van der Waals surface area contributed by atoms with Crippen molar-refractivity contribution in [3.05, 3.63) is 87.5 Å². The summed E-state index contributed by atoms with van der Waals surface area (Å²) in [7, 11) is -2.89. The van der Waals surface area contributed by atoms with Crippen LogP contribution in [0, 0.1) is 24.0 Å². The Morgan fingerprint density at radius 1 is 1.13 bits per heavy atom. The first-order valence-electron chi connectivity index (χ1n) is 12.3. The van der Waals surface area contributed by atoms with Crippen LogP contribution in [-0.4, -0.2) is 38.5 Å². The smallest absolute Gasteiger partial charge is 0.273 e. The molecule has 0 spiro atoms.